The molecule has 2 N–H and O–H groups in total. The molecular formula is C16H24IN. The maximum Gasteiger partial charge on any atom is 0.0738 e. The van der Waals surface area contributed by atoms with E-state index in [0.29, 0.717) is 0 Å². The Morgan fingerprint density at radius 1 is 1.56 bits per heavy atom. The number of hydrogen-bond donors (Lipinski definition) is 1. The molecule has 1 atom stereocenters. The van der Waals surface area contributed by atoms with Gasteiger partial charge in [-0.1, -0.05) is 42.4 Å². The molecule has 0 bridgehead atoms. The van der Waals surface area contributed by atoms with Gasteiger partial charge < -0.3 is 5.73 Å². The highest BCUT2D eigenvalue weighted by Crippen LogP contribution is 2.34. The second-order valence-corrected chi connectivity index (χ2v) is 6.35. The Balaban J connectivity index is 2.71. The predicted octanol–water partition coefficient (Wildman–Crippen LogP) is 5.25. The van der Waals surface area contributed by atoms with E-state index in [0.717, 1.165) is 22.5 Å². The molecule has 0 aromatic rings. The molecule has 0 amide bonds. The first-order chi connectivity index (χ1) is 8.45. The van der Waals surface area contributed by atoms with Crippen molar-refractivity contribution < 1.29 is 0 Å². The fourth-order valence-corrected chi connectivity index (χ4v) is 2.78. The minimum absolute atomic E-state index is 0.773. The third-order valence-electron chi connectivity index (χ3n) is 3.90. The summed E-state index contributed by atoms with van der Waals surface area (Å²) in [4.78, 5) is 0. The lowest BCUT2D eigenvalue weighted by atomic mass is 10.00. The summed E-state index contributed by atoms with van der Waals surface area (Å²) in [6, 6.07) is 0. The number of nitrogens with two attached hydrogens (primary N) is 1. The SMILES string of the molecule is C=C/C(C)=C\C(CCC1=C(C)C(C)CC1)=C(\N)I. The molecule has 0 aromatic heterocycles. The van der Waals surface area contributed by atoms with Crippen molar-refractivity contribution in [2.24, 2.45) is 11.7 Å². The number of allylic oxidation sites excluding steroid dienone is 6. The smallest absolute Gasteiger partial charge is 0.0738 e. The molecule has 0 heterocycles. The Morgan fingerprint density at radius 2 is 2.22 bits per heavy atom. The van der Waals surface area contributed by atoms with Gasteiger partial charge in [-0.3, -0.25) is 0 Å². The van der Waals surface area contributed by atoms with Crippen LogP contribution in [0, 0.1) is 5.92 Å². The number of hydrogen-bond acceptors (Lipinski definition) is 1. The van der Waals surface area contributed by atoms with Crippen LogP contribution in [0.5, 0.6) is 0 Å². The van der Waals surface area contributed by atoms with Gasteiger partial charge >= 0.3 is 0 Å². The molecule has 0 fully saturated rings. The number of rotatable bonds is 5. The van der Waals surface area contributed by atoms with Crippen LogP contribution in [0.4, 0.5) is 0 Å². The molecule has 0 radical (unpaired) electrons. The van der Waals surface area contributed by atoms with E-state index in [1.54, 1.807) is 11.1 Å². The quantitative estimate of drug-likeness (QED) is 0.309. The number of halogens is 1. The van der Waals surface area contributed by atoms with Gasteiger partial charge in [-0.05, 0) is 73.6 Å². The van der Waals surface area contributed by atoms with Crippen LogP contribution in [0.15, 0.2) is 44.7 Å². The molecule has 1 rings (SSSR count). The van der Waals surface area contributed by atoms with Crippen LogP contribution >= 0.6 is 22.6 Å². The van der Waals surface area contributed by atoms with E-state index in [-0.39, 0.29) is 0 Å². The van der Waals surface area contributed by atoms with Gasteiger partial charge in [0.05, 0.1) is 3.70 Å². The van der Waals surface area contributed by atoms with Gasteiger partial charge in [0.25, 0.3) is 0 Å². The Kier molecular flexibility index (Phi) is 6.19. The summed E-state index contributed by atoms with van der Waals surface area (Å²) in [5.41, 5.74) is 11.6. The van der Waals surface area contributed by atoms with Crippen molar-refractivity contribution in [3.8, 4) is 0 Å². The van der Waals surface area contributed by atoms with Crippen molar-refractivity contribution in [1.82, 2.24) is 0 Å². The fourth-order valence-electron chi connectivity index (χ4n) is 2.35. The second kappa shape index (κ2) is 7.17. The minimum atomic E-state index is 0.773. The minimum Gasteiger partial charge on any atom is -0.394 e. The third-order valence-corrected chi connectivity index (χ3v) is 4.60. The van der Waals surface area contributed by atoms with E-state index in [9.17, 15) is 0 Å². The molecule has 0 spiro atoms. The normalized spacial score (nSPS) is 22.2. The highest BCUT2D eigenvalue weighted by Gasteiger charge is 2.17. The molecule has 0 saturated heterocycles. The summed E-state index contributed by atoms with van der Waals surface area (Å²) in [5.74, 6) is 0.773. The van der Waals surface area contributed by atoms with Crippen LogP contribution in [-0.4, -0.2) is 0 Å². The first-order valence-electron chi connectivity index (χ1n) is 6.59. The van der Waals surface area contributed by atoms with Crippen molar-refractivity contribution in [2.75, 3.05) is 0 Å². The Labute approximate surface area is 125 Å². The van der Waals surface area contributed by atoms with Gasteiger partial charge in [-0.15, -0.1) is 0 Å². The molecule has 1 unspecified atom stereocenters. The maximum absolute atomic E-state index is 5.96. The lowest BCUT2D eigenvalue weighted by molar-refractivity contribution is 0.667. The standard InChI is InChI=1S/C16H24IN/c1-5-11(2)10-15(16(17)18)9-8-14-7-6-12(3)13(14)4/h5,10,12H,1,6-9,18H2,2-4H3/b11-10-,16-15+. The zero-order chi connectivity index (χ0) is 13.7. The molecule has 100 valence electrons. The molecule has 1 aliphatic carbocycles. The van der Waals surface area contributed by atoms with E-state index in [4.69, 9.17) is 5.73 Å². The average molecular weight is 357 g/mol. The van der Waals surface area contributed by atoms with E-state index in [2.05, 4.69) is 56.0 Å². The molecule has 0 aliphatic heterocycles. The highest BCUT2D eigenvalue weighted by molar-refractivity contribution is 14.1. The Hall–Kier alpha value is -0.510. The molecule has 2 heteroatoms. The van der Waals surface area contributed by atoms with Crippen molar-refractivity contribution in [1.29, 1.82) is 0 Å². The van der Waals surface area contributed by atoms with Gasteiger partial charge in [-0.25, -0.2) is 0 Å². The monoisotopic (exact) mass is 357 g/mol. The summed E-state index contributed by atoms with van der Waals surface area (Å²) < 4.78 is 0.901. The second-order valence-electron chi connectivity index (χ2n) is 5.19. The molecule has 0 aromatic carbocycles. The van der Waals surface area contributed by atoms with Crippen LogP contribution in [0.3, 0.4) is 0 Å². The van der Waals surface area contributed by atoms with Crippen molar-refractivity contribution in [3.05, 3.63) is 44.7 Å². The van der Waals surface area contributed by atoms with E-state index in [1.807, 2.05) is 6.08 Å². The largest absolute Gasteiger partial charge is 0.394 e. The Morgan fingerprint density at radius 3 is 2.67 bits per heavy atom. The van der Waals surface area contributed by atoms with Crippen LogP contribution < -0.4 is 5.73 Å². The first-order valence-corrected chi connectivity index (χ1v) is 7.67. The van der Waals surface area contributed by atoms with Crippen LogP contribution in [0.2, 0.25) is 0 Å². The van der Waals surface area contributed by atoms with Crippen LogP contribution in [-0.2, 0) is 0 Å². The summed E-state index contributed by atoms with van der Waals surface area (Å²) in [6.45, 7) is 10.5. The summed E-state index contributed by atoms with van der Waals surface area (Å²) in [7, 11) is 0. The van der Waals surface area contributed by atoms with Crippen LogP contribution in [0.1, 0.15) is 46.5 Å². The summed E-state index contributed by atoms with van der Waals surface area (Å²) >= 11 is 2.21. The summed E-state index contributed by atoms with van der Waals surface area (Å²) in [5, 5.41) is 0. The van der Waals surface area contributed by atoms with Gasteiger partial charge in [0, 0.05) is 0 Å². The topological polar surface area (TPSA) is 26.0 Å². The van der Waals surface area contributed by atoms with E-state index < -0.39 is 0 Å². The van der Waals surface area contributed by atoms with Crippen molar-refractivity contribution >= 4 is 22.6 Å². The van der Waals surface area contributed by atoms with Gasteiger partial charge in [0.2, 0.25) is 0 Å². The average Bonchev–Trinajstić information content (AvgIpc) is 2.65. The molecule has 0 saturated carbocycles. The van der Waals surface area contributed by atoms with Gasteiger partial charge in [0.1, 0.15) is 0 Å². The Bertz CT molecular complexity index is 409. The molecule has 1 nitrogen and oxygen atoms in total. The van der Waals surface area contributed by atoms with Crippen molar-refractivity contribution in [2.45, 2.75) is 46.5 Å². The maximum atomic E-state index is 5.96. The van der Waals surface area contributed by atoms with Gasteiger partial charge in [-0.2, -0.15) is 0 Å². The summed E-state index contributed by atoms with van der Waals surface area (Å²) in [6.07, 6.45) is 8.81. The lowest BCUT2D eigenvalue weighted by Gasteiger charge is -2.08. The predicted molar refractivity (Wildman–Crippen MR) is 89.5 cm³/mol. The molecule has 1 aliphatic rings. The lowest BCUT2D eigenvalue weighted by Crippen LogP contribution is -1.96. The molecular weight excluding hydrogens is 333 g/mol. The third kappa shape index (κ3) is 4.30. The first kappa shape index (κ1) is 15.5. The van der Waals surface area contributed by atoms with Gasteiger partial charge in [0.15, 0.2) is 0 Å². The van der Waals surface area contributed by atoms with E-state index >= 15 is 0 Å². The fraction of sp³-hybridized carbons (Fsp3) is 0.500. The van der Waals surface area contributed by atoms with Crippen LogP contribution in [0.25, 0.3) is 0 Å². The molecule has 18 heavy (non-hydrogen) atoms. The highest BCUT2D eigenvalue weighted by atomic mass is 127. The zero-order valence-electron chi connectivity index (χ0n) is 11.7. The van der Waals surface area contributed by atoms with E-state index in [1.165, 1.54) is 24.0 Å². The van der Waals surface area contributed by atoms with Crippen molar-refractivity contribution in [3.63, 3.8) is 0 Å². The zero-order valence-corrected chi connectivity index (χ0v) is 13.9.